The average molecular weight is 667 g/mol. The van der Waals surface area contributed by atoms with E-state index in [0.717, 1.165) is 58.3 Å². The molecule has 7 nitrogen and oxygen atoms in total. The van der Waals surface area contributed by atoms with Crippen molar-refractivity contribution in [3.05, 3.63) is 64.7 Å². The highest BCUT2D eigenvalue weighted by atomic mass is 35.5. The molecule has 5 heterocycles. The monoisotopic (exact) mass is 666 g/mol. The molecule has 5 fully saturated rings. The van der Waals surface area contributed by atoms with Gasteiger partial charge in [-0.05, 0) is 92.6 Å². The van der Waals surface area contributed by atoms with Gasteiger partial charge in [0.05, 0.1) is 16.1 Å². The number of hydrogen-bond acceptors (Lipinski definition) is 7. The summed E-state index contributed by atoms with van der Waals surface area (Å²) < 4.78 is 38.7. The second-order valence-corrected chi connectivity index (χ2v) is 15.1. The van der Waals surface area contributed by atoms with Crippen LogP contribution in [-0.2, 0) is 0 Å². The van der Waals surface area contributed by atoms with Gasteiger partial charge < -0.3 is 20.7 Å². The Morgan fingerprint density at radius 3 is 2.83 bits per heavy atom. The minimum atomic E-state index is -0.657. The zero-order valence-electron chi connectivity index (χ0n) is 26.7. The molecule has 1 aromatic heterocycles. The molecule has 5 aliphatic rings. The van der Waals surface area contributed by atoms with Crippen molar-refractivity contribution >= 4 is 44.8 Å². The molecule has 3 aromatic carbocycles. The van der Waals surface area contributed by atoms with Crippen LogP contribution in [0.1, 0.15) is 50.5 Å². The molecule has 246 valence electrons. The van der Waals surface area contributed by atoms with Crippen LogP contribution in [0.25, 0.3) is 32.8 Å². The van der Waals surface area contributed by atoms with E-state index < -0.39 is 11.6 Å². The van der Waals surface area contributed by atoms with Crippen LogP contribution in [-0.4, -0.2) is 64.8 Å². The first-order chi connectivity index (χ1) is 23.2. The number of nitrogens with two attached hydrogens (primary N) is 1. The number of halogens is 3. The molecule has 1 saturated carbocycles. The van der Waals surface area contributed by atoms with E-state index in [1.807, 2.05) is 0 Å². The summed E-state index contributed by atoms with van der Waals surface area (Å²) in [4.78, 5) is 14.5. The van der Waals surface area contributed by atoms with E-state index in [4.69, 9.17) is 38.5 Å². The number of aromatic nitrogens is 2. The Labute approximate surface area is 283 Å². The Balaban J connectivity index is 1.22. The lowest BCUT2D eigenvalue weighted by Gasteiger charge is -2.42. The van der Waals surface area contributed by atoms with Crippen molar-refractivity contribution in [2.75, 3.05) is 43.4 Å². The lowest BCUT2D eigenvalue weighted by molar-refractivity contribution is 0.108. The van der Waals surface area contributed by atoms with E-state index in [9.17, 15) is 0 Å². The largest absolute Gasteiger partial charge is 0.461 e. The van der Waals surface area contributed by atoms with Gasteiger partial charge in [-0.25, -0.2) is 8.78 Å². The molecule has 9 rings (SSSR count). The Kier molecular flexibility index (Phi) is 6.75. The van der Waals surface area contributed by atoms with Crippen LogP contribution < -0.4 is 20.7 Å². The Morgan fingerprint density at radius 1 is 1.17 bits per heavy atom. The predicted molar refractivity (Wildman–Crippen MR) is 186 cm³/mol. The van der Waals surface area contributed by atoms with Gasteiger partial charge in [0.25, 0.3) is 0 Å². The van der Waals surface area contributed by atoms with Crippen LogP contribution in [0.5, 0.6) is 6.01 Å². The van der Waals surface area contributed by atoms with Crippen LogP contribution in [0.4, 0.5) is 20.3 Å². The number of rotatable bonds is 6. The zero-order chi connectivity index (χ0) is 32.9. The third-order valence-corrected chi connectivity index (χ3v) is 11.9. The lowest BCUT2D eigenvalue weighted by atomic mass is 9.90. The molecule has 0 unspecified atom stereocenters. The molecule has 3 N–H and O–H groups in total. The fourth-order valence-corrected chi connectivity index (χ4v) is 9.62. The van der Waals surface area contributed by atoms with Crippen LogP contribution >= 0.6 is 11.6 Å². The molecule has 4 aliphatic heterocycles. The molecule has 0 radical (unpaired) electrons. The van der Waals surface area contributed by atoms with Crippen molar-refractivity contribution in [2.45, 2.75) is 62.1 Å². The first-order valence-corrected chi connectivity index (χ1v) is 17.3. The smallest absolute Gasteiger partial charge is 0.319 e. The molecule has 0 spiro atoms. The number of nitrogens with zero attached hydrogens (tertiary/aromatic N) is 4. The van der Waals surface area contributed by atoms with Crippen LogP contribution in [0.15, 0.2) is 42.5 Å². The van der Waals surface area contributed by atoms with Gasteiger partial charge in [0, 0.05) is 53.2 Å². The number of ether oxygens (including phenoxy) is 1. The van der Waals surface area contributed by atoms with E-state index in [0.29, 0.717) is 51.8 Å². The lowest BCUT2D eigenvalue weighted by Crippen LogP contribution is -2.61. The fraction of sp³-hybridized carbons (Fsp3) is 0.421. The summed E-state index contributed by atoms with van der Waals surface area (Å²) in [6.45, 7) is 8.02. The summed E-state index contributed by atoms with van der Waals surface area (Å²) in [7, 11) is 0. The summed E-state index contributed by atoms with van der Waals surface area (Å²) in [6.07, 6.45) is 13.4. The second kappa shape index (κ2) is 10.8. The third-order valence-electron chi connectivity index (χ3n) is 11.6. The van der Waals surface area contributed by atoms with Crippen LogP contribution in [0.2, 0.25) is 5.02 Å². The number of benzene rings is 3. The first kappa shape index (κ1) is 30.1. The Morgan fingerprint density at radius 2 is 2.02 bits per heavy atom. The summed E-state index contributed by atoms with van der Waals surface area (Å²) in [5.74, 6) is 2.46. The van der Waals surface area contributed by atoms with E-state index in [1.165, 1.54) is 24.5 Å². The number of hydrogen-bond donors (Lipinski definition) is 2. The highest BCUT2D eigenvalue weighted by Gasteiger charge is 2.53. The van der Waals surface area contributed by atoms with Gasteiger partial charge in [0.15, 0.2) is 5.82 Å². The maximum atomic E-state index is 17.3. The summed E-state index contributed by atoms with van der Waals surface area (Å²) >= 11 is 7.00. The van der Waals surface area contributed by atoms with Crippen molar-refractivity contribution in [3.8, 4) is 29.5 Å². The van der Waals surface area contributed by atoms with Crippen LogP contribution in [0.3, 0.4) is 0 Å². The SMILES string of the molecule is C#Cc1c(F)ccc2cc(N)cc(-c3c(Cl)cc4c(N5C[C@@H]6CC[C@](C7CC7)(C5)N6)nc(OC[C@@]56CCCN5CC(=C)C6)nc4c3F)c12. The van der Waals surface area contributed by atoms with Crippen molar-refractivity contribution in [3.63, 3.8) is 0 Å². The fourth-order valence-electron chi connectivity index (χ4n) is 9.32. The van der Waals surface area contributed by atoms with E-state index in [-0.39, 0.29) is 38.8 Å². The van der Waals surface area contributed by atoms with Gasteiger partial charge in [0.2, 0.25) is 0 Å². The number of nitrogens with one attached hydrogen (secondary N) is 1. The predicted octanol–water partition coefficient (Wildman–Crippen LogP) is 6.84. The molecule has 1 aliphatic carbocycles. The average Bonchev–Trinajstić information content (AvgIpc) is 3.70. The van der Waals surface area contributed by atoms with Crippen molar-refractivity contribution < 1.29 is 13.5 Å². The molecule has 10 heteroatoms. The highest BCUT2D eigenvalue weighted by Crippen LogP contribution is 2.49. The normalized spacial score (nSPS) is 26.8. The summed E-state index contributed by atoms with van der Waals surface area (Å²) in [5, 5.41) is 5.52. The second-order valence-electron chi connectivity index (χ2n) is 14.7. The molecule has 48 heavy (non-hydrogen) atoms. The van der Waals surface area contributed by atoms with Gasteiger partial charge in [-0.1, -0.05) is 35.7 Å². The number of terminal acetylenes is 1. The standard InChI is InChI=1S/C38H37ClF2N6O/c1-3-26-30(40)8-5-22-13-24(42)14-27(31(22)26)32-29(39)15-28-34(33(32)41)43-36(48-20-37-10-4-12-47(37)17-21(2)16-37)44-35(28)46-18-25-9-11-38(19-46,45-25)23-6-7-23/h1,5,8,13-15,23,25,45H,2,4,6-7,9-12,16-20,42H2/t25-,37-,38+/m0/s1. The van der Waals surface area contributed by atoms with Crippen molar-refractivity contribution in [1.82, 2.24) is 20.2 Å². The molecule has 3 atom stereocenters. The quantitative estimate of drug-likeness (QED) is 0.133. The zero-order valence-corrected chi connectivity index (χ0v) is 27.5. The molecular formula is C38H37ClF2N6O. The van der Waals surface area contributed by atoms with Gasteiger partial charge in [-0.15, -0.1) is 6.42 Å². The van der Waals surface area contributed by atoms with Gasteiger partial charge in [0.1, 0.15) is 23.8 Å². The van der Waals surface area contributed by atoms with Crippen LogP contribution in [0, 0.1) is 29.9 Å². The summed E-state index contributed by atoms with van der Waals surface area (Å²) in [6, 6.07) is 8.33. The van der Waals surface area contributed by atoms with Gasteiger partial charge in [-0.2, -0.15) is 9.97 Å². The molecule has 4 saturated heterocycles. The summed E-state index contributed by atoms with van der Waals surface area (Å²) in [5.41, 5.74) is 8.20. The number of nitrogen functional groups attached to an aromatic ring is 1. The van der Waals surface area contributed by atoms with Crippen molar-refractivity contribution in [2.24, 2.45) is 5.92 Å². The van der Waals surface area contributed by atoms with E-state index in [2.05, 4.69) is 27.6 Å². The Hall–Kier alpha value is -3.97. The minimum Gasteiger partial charge on any atom is -0.461 e. The molecule has 2 bridgehead atoms. The highest BCUT2D eigenvalue weighted by molar-refractivity contribution is 6.35. The number of fused-ring (bicyclic) bond motifs is 5. The van der Waals surface area contributed by atoms with E-state index >= 15 is 8.78 Å². The number of anilines is 2. The minimum absolute atomic E-state index is 0.0191. The maximum Gasteiger partial charge on any atom is 0.319 e. The first-order valence-electron chi connectivity index (χ1n) is 16.9. The van der Waals surface area contributed by atoms with Crippen molar-refractivity contribution in [1.29, 1.82) is 0 Å². The third kappa shape index (κ3) is 4.60. The van der Waals surface area contributed by atoms with Gasteiger partial charge in [-0.3, -0.25) is 4.90 Å². The number of piperazine rings is 1. The molecule has 0 amide bonds. The topological polar surface area (TPSA) is 79.5 Å². The van der Waals surface area contributed by atoms with Gasteiger partial charge >= 0.3 is 6.01 Å². The maximum absolute atomic E-state index is 17.3. The Bertz CT molecular complexity index is 2090. The van der Waals surface area contributed by atoms with E-state index in [1.54, 1.807) is 24.3 Å². The molecular weight excluding hydrogens is 630 g/mol. The molecule has 4 aromatic rings.